The van der Waals surface area contributed by atoms with E-state index in [-0.39, 0.29) is 18.0 Å². The van der Waals surface area contributed by atoms with Crippen LogP contribution in [0.4, 0.5) is 9.93 Å². The van der Waals surface area contributed by atoms with Crippen molar-refractivity contribution in [1.29, 1.82) is 0 Å². The van der Waals surface area contributed by atoms with Gasteiger partial charge in [0.1, 0.15) is 10.0 Å². The van der Waals surface area contributed by atoms with Crippen LogP contribution in [0.15, 0.2) is 84.9 Å². The number of carbonyl (C=O) groups is 1. The summed E-state index contributed by atoms with van der Waals surface area (Å²) in [7, 11) is 0. The van der Waals surface area contributed by atoms with E-state index in [1.807, 2.05) is 30.9 Å². The van der Waals surface area contributed by atoms with E-state index in [1.165, 1.54) is 28.0 Å². The lowest BCUT2D eigenvalue weighted by molar-refractivity contribution is 0.195. The van der Waals surface area contributed by atoms with E-state index in [0.717, 1.165) is 44.7 Å². The third-order valence-electron chi connectivity index (χ3n) is 7.59. The molecule has 0 spiro atoms. The second-order valence-corrected chi connectivity index (χ2v) is 12.3. The first-order valence-electron chi connectivity index (χ1n) is 14.3. The molecule has 0 unspecified atom stereocenters. The van der Waals surface area contributed by atoms with Crippen LogP contribution in [-0.4, -0.2) is 59.6 Å². The van der Waals surface area contributed by atoms with Crippen molar-refractivity contribution < 1.29 is 4.79 Å². The number of rotatable bonds is 10. The van der Waals surface area contributed by atoms with E-state index < -0.39 is 0 Å². The Morgan fingerprint density at radius 2 is 1.59 bits per heavy atom. The van der Waals surface area contributed by atoms with Crippen LogP contribution in [0.3, 0.4) is 0 Å². The molecule has 41 heavy (non-hydrogen) atoms. The van der Waals surface area contributed by atoms with Crippen LogP contribution in [0.25, 0.3) is 11.3 Å². The highest BCUT2D eigenvalue weighted by atomic mass is 35.5. The van der Waals surface area contributed by atoms with Crippen LogP contribution in [0.2, 0.25) is 4.34 Å². The van der Waals surface area contributed by atoms with Crippen molar-refractivity contribution in [1.82, 2.24) is 20.1 Å². The van der Waals surface area contributed by atoms with E-state index in [2.05, 4.69) is 88.3 Å². The Morgan fingerprint density at radius 1 is 0.976 bits per heavy atom. The maximum Gasteiger partial charge on any atom is 0.323 e. The summed E-state index contributed by atoms with van der Waals surface area (Å²) in [5.41, 5.74) is 5.42. The maximum absolute atomic E-state index is 13.5. The molecule has 5 rings (SSSR count). The highest BCUT2D eigenvalue weighted by Crippen LogP contribution is 2.36. The van der Waals surface area contributed by atoms with Crippen LogP contribution >= 0.6 is 22.9 Å². The molecule has 3 aromatic carbocycles. The van der Waals surface area contributed by atoms with Gasteiger partial charge in [0.2, 0.25) is 0 Å². The zero-order valence-electron chi connectivity index (χ0n) is 23.7. The Balaban J connectivity index is 1.24. The summed E-state index contributed by atoms with van der Waals surface area (Å²) in [5, 5.41) is 6.92. The monoisotopic (exact) mass is 587 g/mol. The van der Waals surface area contributed by atoms with Crippen molar-refractivity contribution in [3.8, 4) is 11.3 Å². The van der Waals surface area contributed by atoms with Gasteiger partial charge in [-0.1, -0.05) is 108 Å². The Bertz CT molecular complexity index is 1350. The number of nitrogens with zero attached hydrogens (tertiary/aromatic N) is 3. The highest BCUT2D eigenvalue weighted by molar-refractivity contribution is 7.20. The molecule has 0 atom stereocenters. The summed E-state index contributed by atoms with van der Waals surface area (Å²) < 4.78 is 0.569. The number of anilines is 1. The van der Waals surface area contributed by atoms with Crippen LogP contribution in [0.1, 0.15) is 42.9 Å². The summed E-state index contributed by atoms with van der Waals surface area (Å²) in [4.78, 5) is 22.5. The lowest BCUT2D eigenvalue weighted by atomic mass is 9.88. The van der Waals surface area contributed by atoms with Gasteiger partial charge in [-0.2, -0.15) is 0 Å². The predicted octanol–water partition coefficient (Wildman–Crippen LogP) is 7.33. The van der Waals surface area contributed by atoms with Crippen LogP contribution < -0.4 is 10.6 Å². The van der Waals surface area contributed by atoms with Gasteiger partial charge >= 0.3 is 6.03 Å². The van der Waals surface area contributed by atoms with E-state index in [4.69, 9.17) is 16.6 Å². The maximum atomic E-state index is 13.5. The third kappa shape index (κ3) is 7.74. The molecular formula is C33H38ClN5OS. The van der Waals surface area contributed by atoms with Crippen LogP contribution in [0.5, 0.6) is 0 Å². The minimum Gasteiger partial charge on any atom is -0.322 e. The number of urea groups is 1. The molecule has 1 aliphatic rings. The number of carbonyl (C=O) groups excluding carboxylic acids is 1. The molecule has 2 amide bonds. The zero-order chi connectivity index (χ0) is 28.6. The molecule has 6 nitrogen and oxygen atoms in total. The SMILES string of the molecule is CC(C)N(CCC(c1ccccc1)c1ccccc1)C(=O)Nc1nc(-c2ccc(CN3CCNCC3)cc2)c(Cl)s1. The van der Waals surface area contributed by atoms with Gasteiger partial charge in [-0.05, 0) is 37.0 Å². The molecule has 0 radical (unpaired) electrons. The Labute approximate surface area is 252 Å². The van der Waals surface area contributed by atoms with Crippen molar-refractivity contribution in [3.05, 3.63) is 106 Å². The van der Waals surface area contributed by atoms with E-state index in [1.54, 1.807) is 0 Å². The molecule has 0 saturated carbocycles. The average molecular weight is 588 g/mol. The topological polar surface area (TPSA) is 60.5 Å². The number of benzene rings is 3. The first kappa shape index (κ1) is 29.3. The Kier molecular flexibility index (Phi) is 10.1. The fourth-order valence-corrected chi connectivity index (χ4v) is 6.43. The molecule has 8 heteroatoms. The molecule has 1 aliphatic heterocycles. The fraction of sp³-hybridized carbons (Fsp3) is 0.333. The van der Waals surface area contributed by atoms with Gasteiger partial charge in [0, 0.05) is 56.8 Å². The average Bonchev–Trinajstić information content (AvgIpc) is 3.36. The van der Waals surface area contributed by atoms with Crippen LogP contribution in [-0.2, 0) is 6.54 Å². The van der Waals surface area contributed by atoms with E-state index in [9.17, 15) is 4.79 Å². The quantitative estimate of drug-likeness (QED) is 0.204. The number of amides is 2. The standard InChI is InChI=1S/C33H38ClN5OS/c1-24(2)39(20-17-29(26-9-5-3-6-10-26)27-11-7-4-8-12-27)33(40)37-32-36-30(31(34)41-32)28-15-13-25(14-16-28)23-38-21-18-35-19-22-38/h3-16,24,29,35H,17-23H2,1-2H3,(H,36,37,40). The third-order valence-corrected chi connectivity index (χ3v) is 8.76. The van der Waals surface area contributed by atoms with Crippen molar-refractivity contribution in [2.75, 3.05) is 38.0 Å². The number of hydrogen-bond acceptors (Lipinski definition) is 5. The molecule has 0 aliphatic carbocycles. The number of thiazole rings is 1. The van der Waals surface area contributed by atoms with Gasteiger partial charge in [0.05, 0.1) is 0 Å². The summed E-state index contributed by atoms with van der Waals surface area (Å²) in [5.74, 6) is 0.196. The largest absolute Gasteiger partial charge is 0.323 e. The van der Waals surface area contributed by atoms with E-state index in [0.29, 0.717) is 21.7 Å². The van der Waals surface area contributed by atoms with E-state index >= 15 is 0 Å². The molecule has 4 aromatic rings. The van der Waals surface area contributed by atoms with Gasteiger partial charge in [-0.3, -0.25) is 10.2 Å². The summed E-state index contributed by atoms with van der Waals surface area (Å²) in [6.45, 7) is 9.84. The normalized spacial score (nSPS) is 14.0. The molecule has 1 aromatic heterocycles. The number of aromatic nitrogens is 1. The second-order valence-electron chi connectivity index (χ2n) is 10.7. The Hall–Kier alpha value is -3.23. The fourth-order valence-electron chi connectivity index (χ4n) is 5.35. The van der Waals surface area contributed by atoms with Crippen molar-refractivity contribution in [2.45, 2.75) is 38.8 Å². The van der Waals surface area contributed by atoms with Crippen molar-refractivity contribution >= 4 is 34.1 Å². The predicted molar refractivity (Wildman–Crippen MR) is 171 cm³/mol. The van der Waals surface area contributed by atoms with Gasteiger partial charge in [-0.25, -0.2) is 9.78 Å². The molecular weight excluding hydrogens is 550 g/mol. The van der Waals surface area contributed by atoms with Crippen molar-refractivity contribution in [2.24, 2.45) is 0 Å². The van der Waals surface area contributed by atoms with Gasteiger partial charge in [0.25, 0.3) is 0 Å². The lowest BCUT2D eigenvalue weighted by Gasteiger charge is -2.29. The van der Waals surface area contributed by atoms with Crippen LogP contribution in [0, 0.1) is 0 Å². The first-order chi connectivity index (χ1) is 20.0. The van der Waals surface area contributed by atoms with Crippen molar-refractivity contribution in [3.63, 3.8) is 0 Å². The highest BCUT2D eigenvalue weighted by Gasteiger charge is 2.23. The molecule has 1 fully saturated rings. The number of nitrogens with one attached hydrogen (secondary N) is 2. The number of halogens is 1. The minimum absolute atomic E-state index is 0.0281. The smallest absolute Gasteiger partial charge is 0.322 e. The lowest BCUT2D eigenvalue weighted by Crippen LogP contribution is -2.42. The summed E-state index contributed by atoms with van der Waals surface area (Å²) in [6, 6.07) is 29.3. The zero-order valence-corrected chi connectivity index (χ0v) is 25.3. The molecule has 0 bridgehead atoms. The minimum atomic E-state index is -0.164. The molecule has 2 N–H and O–H groups in total. The number of hydrogen-bond donors (Lipinski definition) is 2. The van der Waals surface area contributed by atoms with Gasteiger partial charge in [-0.15, -0.1) is 0 Å². The van der Waals surface area contributed by atoms with Gasteiger partial charge < -0.3 is 10.2 Å². The summed E-state index contributed by atoms with van der Waals surface area (Å²) >= 11 is 7.91. The molecule has 1 saturated heterocycles. The first-order valence-corrected chi connectivity index (χ1v) is 15.5. The number of piperazine rings is 1. The Morgan fingerprint density at radius 3 is 2.17 bits per heavy atom. The second kappa shape index (κ2) is 14.1. The van der Waals surface area contributed by atoms with Gasteiger partial charge in [0.15, 0.2) is 5.13 Å². The molecule has 214 valence electrons. The molecule has 2 heterocycles. The summed E-state index contributed by atoms with van der Waals surface area (Å²) in [6.07, 6.45) is 0.809.